The van der Waals surface area contributed by atoms with E-state index in [1.54, 1.807) is 24.3 Å². The van der Waals surface area contributed by atoms with E-state index in [-0.39, 0.29) is 28.5 Å². The lowest BCUT2D eigenvalue weighted by Gasteiger charge is -2.32. The van der Waals surface area contributed by atoms with Gasteiger partial charge in [-0.15, -0.1) is 11.3 Å². The lowest BCUT2D eigenvalue weighted by molar-refractivity contribution is 0.0902. The molecule has 0 bridgehead atoms. The summed E-state index contributed by atoms with van der Waals surface area (Å²) in [6, 6.07) is 5.77. The zero-order valence-corrected chi connectivity index (χ0v) is 17.2. The molecule has 1 fully saturated rings. The van der Waals surface area contributed by atoms with Crippen LogP contribution < -0.4 is 16.6 Å². The minimum Gasteiger partial charge on any atom is -0.348 e. The number of thiophene rings is 1. The van der Waals surface area contributed by atoms with Crippen molar-refractivity contribution in [1.29, 1.82) is 0 Å². The van der Waals surface area contributed by atoms with Crippen molar-refractivity contribution in [2.75, 3.05) is 13.1 Å². The average molecular weight is 414 g/mol. The average Bonchev–Trinajstić information content (AvgIpc) is 3.18. The number of H-pyrrole nitrogens is 1. The van der Waals surface area contributed by atoms with Gasteiger partial charge in [0.15, 0.2) is 0 Å². The standard InChI is InChI=1S/C20H23N5O3S/c1-12-9-15(16-17(21-12)24(2)20(28)23-19(16)27)18(26)22-13-5-3-7-25(10-13)11-14-6-4-8-29-14/h4,6,8-9,13H,3,5,7,10-11H2,1-2H3,(H,22,26)(H,23,27,28)/t13-/m0/s1. The molecule has 0 aliphatic carbocycles. The summed E-state index contributed by atoms with van der Waals surface area (Å²) in [6.45, 7) is 4.39. The number of fused-ring (bicyclic) bond motifs is 1. The van der Waals surface area contributed by atoms with Gasteiger partial charge in [-0.05, 0) is 43.8 Å². The Labute approximate surface area is 171 Å². The first-order valence-electron chi connectivity index (χ1n) is 9.58. The summed E-state index contributed by atoms with van der Waals surface area (Å²) < 4.78 is 1.25. The molecule has 0 spiro atoms. The minimum atomic E-state index is -0.594. The molecule has 4 heterocycles. The van der Waals surface area contributed by atoms with Gasteiger partial charge in [0, 0.05) is 36.8 Å². The Morgan fingerprint density at radius 1 is 1.41 bits per heavy atom. The summed E-state index contributed by atoms with van der Waals surface area (Å²) in [6.07, 6.45) is 1.89. The van der Waals surface area contributed by atoms with Crippen LogP contribution >= 0.6 is 11.3 Å². The second-order valence-electron chi connectivity index (χ2n) is 7.46. The Balaban J connectivity index is 1.58. The van der Waals surface area contributed by atoms with Crippen molar-refractivity contribution in [3.8, 4) is 0 Å². The van der Waals surface area contributed by atoms with Gasteiger partial charge in [-0.3, -0.25) is 24.0 Å². The number of likely N-dealkylation sites (tertiary alicyclic amines) is 1. The van der Waals surface area contributed by atoms with Crippen LogP contribution in [0.15, 0.2) is 33.2 Å². The van der Waals surface area contributed by atoms with E-state index >= 15 is 0 Å². The molecule has 0 aromatic carbocycles. The molecule has 2 N–H and O–H groups in total. The Bertz CT molecular complexity index is 1170. The molecule has 3 aromatic heterocycles. The van der Waals surface area contributed by atoms with Crippen LogP contribution in [0.5, 0.6) is 0 Å². The zero-order chi connectivity index (χ0) is 20.5. The summed E-state index contributed by atoms with van der Waals surface area (Å²) in [5.74, 6) is -0.312. The fourth-order valence-electron chi connectivity index (χ4n) is 3.85. The number of rotatable bonds is 4. The molecule has 1 aliphatic heterocycles. The molecule has 0 unspecified atom stereocenters. The number of piperidine rings is 1. The lowest BCUT2D eigenvalue weighted by atomic mass is 10.0. The largest absolute Gasteiger partial charge is 0.348 e. The van der Waals surface area contributed by atoms with E-state index in [9.17, 15) is 14.4 Å². The number of nitrogens with zero attached hydrogens (tertiary/aromatic N) is 3. The Hall–Kier alpha value is -2.78. The number of carbonyl (C=O) groups is 1. The van der Waals surface area contributed by atoms with Crippen LogP contribution in [0, 0.1) is 6.92 Å². The second kappa shape index (κ2) is 7.92. The van der Waals surface area contributed by atoms with Crippen molar-refractivity contribution < 1.29 is 4.79 Å². The number of amides is 1. The van der Waals surface area contributed by atoms with Gasteiger partial charge in [0.1, 0.15) is 5.65 Å². The number of aromatic amines is 1. The Kier molecular flexibility index (Phi) is 5.33. The Morgan fingerprint density at radius 3 is 3.00 bits per heavy atom. The lowest BCUT2D eigenvalue weighted by Crippen LogP contribution is -2.47. The summed E-state index contributed by atoms with van der Waals surface area (Å²) in [4.78, 5) is 47.6. The highest BCUT2D eigenvalue weighted by Gasteiger charge is 2.24. The number of aryl methyl sites for hydroxylation is 2. The highest BCUT2D eigenvalue weighted by atomic mass is 32.1. The van der Waals surface area contributed by atoms with Gasteiger partial charge in [-0.1, -0.05) is 6.07 Å². The van der Waals surface area contributed by atoms with Crippen molar-refractivity contribution in [3.05, 3.63) is 60.6 Å². The molecular formula is C20H23N5O3S. The van der Waals surface area contributed by atoms with E-state index in [4.69, 9.17) is 0 Å². The van der Waals surface area contributed by atoms with Crippen LogP contribution in [0.2, 0.25) is 0 Å². The molecule has 1 amide bonds. The number of carbonyl (C=O) groups excluding carboxylic acids is 1. The second-order valence-corrected chi connectivity index (χ2v) is 8.49. The van der Waals surface area contributed by atoms with Crippen molar-refractivity contribution in [3.63, 3.8) is 0 Å². The van der Waals surface area contributed by atoms with Crippen LogP contribution in [-0.4, -0.2) is 44.5 Å². The molecular weight excluding hydrogens is 390 g/mol. The zero-order valence-electron chi connectivity index (χ0n) is 16.4. The quantitative estimate of drug-likeness (QED) is 0.673. The van der Waals surface area contributed by atoms with Gasteiger partial charge in [0.2, 0.25) is 0 Å². The highest BCUT2D eigenvalue weighted by Crippen LogP contribution is 2.18. The fraction of sp³-hybridized carbons (Fsp3) is 0.400. The molecule has 0 radical (unpaired) electrons. The van der Waals surface area contributed by atoms with E-state index in [2.05, 4.69) is 31.6 Å². The molecule has 4 rings (SSSR count). The number of aromatic nitrogens is 3. The van der Waals surface area contributed by atoms with Crippen LogP contribution in [0.25, 0.3) is 11.0 Å². The predicted molar refractivity (Wildman–Crippen MR) is 112 cm³/mol. The van der Waals surface area contributed by atoms with E-state index < -0.39 is 11.2 Å². The van der Waals surface area contributed by atoms with E-state index in [0.29, 0.717) is 5.69 Å². The van der Waals surface area contributed by atoms with E-state index in [0.717, 1.165) is 32.5 Å². The topological polar surface area (TPSA) is 100 Å². The van der Waals surface area contributed by atoms with Gasteiger partial charge in [-0.2, -0.15) is 0 Å². The van der Waals surface area contributed by atoms with Gasteiger partial charge in [0.05, 0.1) is 10.9 Å². The van der Waals surface area contributed by atoms with Crippen molar-refractivity contribution >= 4 is 28.3 Å². The first-order chi connectivity index (χ1) is 13.9. The monoisotopic (exact) mass is 413 g/mol. The summed E-state index contributed by atoms with van der Waals surface area (Å²) in [5, 5.41) is 5.29. The van der Waals surface area contributed by atoms with Gasteiger partial charge in [-0.25, -0.2) is 9.78 Å². The number of nitrogens with one attached hydrogen (secondary N) is 2. The highest BCUT2D eigenvalue weighted by molar-refractivity contribution is 7.09. The van der Waals surface area contributed by atoms with Crippen LogP contribution in [0.1, 0.15) is 33.8 Å². The maximum absolute atomic E-state index is 13.1. The third-order valence-electron chi connectivity index (χ3n) is 5.24. The summed E-state index contributed by atoms with van der Waals surface area (Å²) >= 11 is 1.73. The first kappa shape index (κ1) is 19.5. The SMILES string of the molecule is Cc1cc(C(=O)N[C@H]2CCCN(Cc3cccs3)C2)c2c(=O)[nH]c(=O)n(C)c2n1. The van der Waals surface area contributed by atoms with Crippen LogP contribution in [0.4, 0.5) is 0 Å². The predicted octanol–water partition coefficient (Wildman–Crippen LogP) is 1.39. The summed E-state index contributed by atoms with van der Waals surface area (Å²) in [7, 11) is 1.53. The number of hydrogen-bond acceptors (Lipinski definition) is 6. The van der Waals surface area contributed by atoms with Crippen molar-refractivity contribution in [2.45, 2.75) is 32.4 Å². The summed E-state index contributed by atoms with van der Waals surface area (Å²) in [5.41, 5.74) is -0.106. The van der Waals surface area contributed by atoms with Gasteiger partial charge < -0.3 is 5.32 Å². The first-order valence-corrected chi connectivity index (χ1v) is 10.5. The molecule has 29 heavy (non-hydrogen) atoms. The van der Waals surface area contributed by atoms with Crippen molar-refractivity contribution in [1.82, 2.24) is 24.8 Å². The molecule has 9 heteroatoms. The maximum atomic E-state index is 13.1. The molecule has 1 saturated heterocycles. The van der Waals surface area contributed by atoms with E-state index in [1.807, 2.05) is 6.07 Å². The number of hydrogen-bond donors (Lipinski definition) is 2. The van der Waals surface area contributed by atoms with Crippen LogP contribution in [0.3, 0.4) is 0 Å². The third kappa shape index (κ3) is 4.01. The molecule has 8 nitrogen and oxygen atoms in total. The van der Waals surface area contributed by atoms with E-state index in [1.165, 1.54) is 16.5 Å². The van der Waals surface area contributed by atoms with Gasteiger partial charge >= 0.3 is 5.69 Å². The fourth-order valence-corrected chi connectivity index (χ4v) is 4.59. The molecule has 0 saturated carbocycles. The smallest absolute Gasteiger partial charge is 0.329 e. The third-order valence-corrected chi connectivity index (χ3v) is 6.10. The molecule has 3 aromatic rings. The molecule has 1 aliphatic rings. The normalized spacial score (nSPS) is 17.5. The minimum absolute atomic E-state index is 0.00588. The number of pyridine rings is 1. The molecule has 152 valence electrons. The van der Waals surface area contributed by atoms with Crippen molar-refractivity contribution in [2.24, 2.45) is 7.05 Å². The maximum Gasteiger partial charge on any atom is 0.329 e. The molecule has 1 atom stereocenters. The Morgan fingerprint density at radius 2 is 2.24 bits per heavy atom. The van der Waals surface area contributed by atoms with Crippen LogP contribution in [-0.2, 0) is 13.6 Å². The van der Waals surface area contributed by atoms with Gasteiger partial charge in [0.25, 0.3) is 11.5 Å².